The van der Waals surface area contributed by atoms with E-state index in [0.717, 1.165) is 24.2 Å². The first-order valence-corrected chi connectivity index (χ1v) is 12.4. The highest BCUT2D eigenvalue weighted by molar-refractivity contribution is 6.46. The van der Waals surface area contributed by atoms with Crippen LogP contribution in [0.15, 0.2) is 60.7 Å². The van der Waals surface area contributed by atoms with Crippen LogP contribution >= 0.6 is 0 Å². The highest BCUT2D eigenvalue weighted by atomic mass is 16.5. The summed E-state index contributed by atoms with van der Waals surface area (Å²) >= 11 is 0. The van der Waals surface area contributed by atoms with Crippen LogP contribution in [0.5, 0.6) is 11.5 Å². The summed E-state index contributed by atoms with van der Waals surface area (Å²) in [5, 5.41) is 11.3. The molecule has 0 bridgehead atoms. The van der Waals surface area contributed by atoms with E-state index in [1.54, 1.807) is 41.3 Å². The molecule has 7 nitrogen and oxygen atoms in total. The van der Waals surface area contributed by atoms with Crippen molar-refractivity contribution in [1.29, 1.82) is 0 Å². The van der Waals surface area contributed by atoms with E-state index in [1.807, 2.05) is 26.0 Å². The minimum atomic E-state index is -0.708. The molecule has 0 aliphatic carbocycles. The third-order valence-corrected chi connectivity index (χ3v) is 6.40. The number of aliphatic hydroxyl groups excluding tert-OH is 1. The SMILES string of the molecule is C=CCOc1ccc(C2C(=C(O)c3ccc(OCC)c(C)c3)C(=O)C(=O)N2CCN(CC)CC)cc1. The number of likely N-dealkylation sites (N-methyl/N-ethyl adjacent to an activating group) is 1. The van der Waals surface area contributed by atoms with Gasteiger partial charge in [0.2, 0.25) is 0 Å². The van der Waals surface area contributed by atoms with Gasteiger partial charge in [0.05, 0.1) is 18.2 Å². The van der Waals surface area contributed by atoms with Crippen LogP contribution in [0.4, 0.5) is 0 Å². The second kappa shape index (κ2) is 12.4. The number of rotatable bonds is 12. The lowest BCUT2D eigenvalue weighted by atomic mass is 9.94. The second-order valence-corrected chi connectivity index (χ2v) is 8.60. The highest BCUT2D eigenvalue weighted by Gasteiger charge is 2.46. The lowest BCUT2D eigenvalue weighted by Gasteiger charge is -2.28. The summed E-state index contributed by atoms with van der Waals surface area (Å²) in [5.74, 6) is -0.123. The maximum absolute atomic E-state index is 13.3. The fraction of sp³-hybridized carbons (Fsp3) is 0.379. The maximum atomic E-state index is 13.3. The predicted molar refractivity (Wildman–Crippen MR) is 141 cm³/mol. The van der Waals surface area contributed by atoms with Crippen molar-refractivity contribution in [3.63, 3.8) is 0 Å². The predicted octanol–water partition coefficient (Wildman–Crippen LogP) is 4.72. The Kier molecular flexibility index (Phi) is 9.31. The van der Waals surface area contributed by atoms with E-state index >= 15 is 0 Å². The molecular formula is C29H36N2O5. The summed E-state index contributed by atoms with van der Waals surface area (Å²) in [7, 11) is 0. The highest BCUT2D eigenvalue weighted by Crippen LogP contribution is 2.40. The van der Waals surface area contributed by atoms with Gasteiger partial charge < -0.3 is 24.4 Å². The fourth-order valence-corrected chi connectivity index (χ4v) is 4.42. The summed E-state index contributed by atoms with van der Waals surface area (Å²) < 4.78 is 11.2. The van der Waals surface area contributed by atoms with Crippen molar-refractivity contribution in [2.45, 2.75) is 33.7 Å². The Balaban J connectivity index is 2.07. The molecule has 1 atom stereocenters. The molecule has 1 aliphatic heterocycles. The van der Waals surface area contributed by atoms with Crippen LogP contribution in [-0.2, 0) is 9.59 Å². The molecule has 1 amide bonds. The summed E-state index contributed by atoms with van der Waals surface area (Å²) in [4.78, 5) is 30.2. The molecule has 0 aromatic heterocycles. The molecule has 1 aliphatic rings. The van der Waals surface area contributed by atoms with E-state index in [1.165, 1.54) is 0 Å². The molecule has 1 N–H and O–H groups in total. The molecule has 36 heavy (non-hydrogen) atoms. The van der Waals surface area contributed by atoms with Crippen LogP contribution in [0.2, 0.25) is 0 Å². The number of aryl methyl sites for hydroxylation is 1. The molecule has 1 fully saturated rings. The standard InChI is InChI=1S/C29H36N2O5/c1-6-18-36-23-13-10-21(11-14-23)26-25(27(32)22-12-15-24(35-9-4)20(5)19-22)28(33)29(34)31(26)17-16-30(7-2)8-3/h6,10-15,19,26,32H,1,7-9,16-18H2,2-5H3. The van der Waals surface area contributed by atoms with Crippen molar-refractivity contribution in [2.75, 3.05) is 39.4 Å². The van der Waals surface area contributed by atoms with Crippen molar-refractivity contribution in [2.24, 2.45) is 0 Å². The molecule has 3 rings (SSSR count). The molecule has 0 radical (unpaired) electrons. The number of benzene rings is 2. The lowest BCUT2D eigenvalue weighted by Crippen LogP contribution is -2.38. The van der Waals surface area contributed by atoms with E-state index in [9.17, 15) is 14.7 Å². The van der Waals surface area contributed by atoms with Gasteiger partial charge in [-0.25, -0.2) is 0 Å². The van der Waals surface area contributed by atoms with E-state index in [-0.39, 0.29) is 11.3 Å². The van der Waals surface area contributed by atoms with Crippen LogP contribution in [-0.4, -0.2) is 66.0 Å². The molecule has 1 unspecified atom stereocenters. The Morgan fingerprint density at radius 3 is 2.36 bits per heavy atom. The number of ether oxygens (including phenoxy) is 2. The molecule has 2 aromatic carbocycles. The zero-order chi connectivity index (χ0) is 26.2. The summed E-state index contributed by atoms with van der Waals surface area (Å²) in [5.41, 5.74) is 2.11. The average molecular weight is 493 g/mol. The van der Waals surface area contributed by atoms with Crippen LogP contribution in [0.25, 0.3) is 5.76 Å². The minimum Gasteiger partial charge on any atom is -0.507 e. The first-order valence-electron chi connectivity index (χ1n) is 12.4. The third-order valence-electron chi connectivity index (χ3n) is 6.40. The zero-order valence-corrected chi connectivity index (χ0v) is 21.6. The second-order valence-electron chi connectivity index (χ2n) is 8.60. The quantitative estimate of drug-likeness (QED) is 0.200. The van der Waals surface area contributed by atoms with Crippen molar-refractivity contribution in [1.82, 2.24) is 9.80 Å². The molecule has 1 saturated heterocycles. The van der Waals surface area contributed by atoms with Crippen molar-refractivity contribution in [3.05, 3.63) is 77.4 Å². The lowest BCUT2D eigenvalue weighted by molar-refractivity contribution is -0.140. The summed E-state index contributed by atoms with van der Waals surface area (Å²) in [6.45, 7) is 15.1. The van der Waals surface area contributed by atoms with Crippen molar-refractivity contribution < 1.29 is 24.2 Å². The molecule has 0 spiro atoms. The van der Waals surface area contributed by atoms with Gasteiger partial charge in [-0.3, -0.25) is 9.59 Å². The van der Waals surface area contributed by atoms with E-state index in [4.69, 9.17) is 9.47 Å². The number of Topliss-reactive ketones (excluding diaryl/α,β-unsaturated/α-hetero) is 1. The number of ketones is 1. The molecule has 7 heteroatoms. The number of likely N-dealkylation sites (tertiary alicyclic amines) is 1. The van der Waals surface area contributed by atoms with E-state index in [0.29, 0.717) is 43.4 Å². The zero-order valence-electron chi connectivity index (χ0n) is 21.6. The minimum absolute atomic E-state index is 0.0860. The Morgan fingerprint density at radius 1 is 1.08 bits per heavy atom. The van der Waals surface area contributed by atoms with Crippen LogP contribution in [0.3, 0.4) is 0 Å². The van der Waals surface area contributed by atoms with Gasteiger partial charge in [0, 0.05) is 18.7 Å². The number of amides is 1. The van der Waals surface area contributed by atoms with E-state index < -0.39 is 17.7 Å². The fourth-order valence-electron chi connectivity index (χ4n) is 4.42. The van der Waals surface area contributed by atoms with Gasteiger partial charge >= 0.3 is 0 Å². The summed E-state index contributed by atoms with van der Waals surface area (Å²) in [6.07, 6.45) is 1.66. The molecule has 1 heterocycles. The number of hydrogen-bond acceptors (Lipinski definition) is 6. The number of aliphatic hydroxyl groups is 1. The number of hydrogen-bond donors (Lipinski definition) is 1. The largest absolute Gasteiger partial charge is 0.507 e. The summed E-state index contributed by atoms with van der Waals surface area (Å²) in [6, 6.07) is 11.8. The monoisotopic (exact) mass is 492 g/mol. The molecule has 2 aromatic rings. The Hall–Kier alpha value is -3.58. The van der Waals surface area contributed by atoms with Gasteiger partial charge in [-0.15, -0.1) is 0 Å². The Morgan fingerprint density at radius 2 is 1.78 bits per heavy atom. The van der Waals surface area contributed by atoms with Crippen LogP contribution in [0.1, 0.15) is 43.5 Å². The van der Waals surface area contributed by atoms with E-state index in [2.05, 4.69) is 25.3 Å². The van der Waals surface area contributed by atoms with Crippen molar-refractivity contribution >= 4 is 17.4 Å². The molecular weight excluding hydrogens is 456 g/mol. The van der Waals surface area contributed by atoms with Gasteiger partial charge in [-0.2, -0.15) is 0 Å². The Labute approximate surface area is 213 Å². The Bertz CT molecular complexity index is 1120. The molecule has 0 saturated carbocycles. The smallest absolute Gasteiger partial charge is 0.295 e. The molecule has 192 valence electrons. The van der Waals surface area contributed by atoms with Crippen LogP contribution in [0, 0.1) is 6.92 Å². The topological polar surface area (TPSA) is 79.3 Å². The van der Waals surface area contributed by atoms with Gasteiger partial charge in [0.1, 0.15) is 23.9 Å². The number of carbonyl (C=O) groups excluding carboxylic acids is 2. The third kappa shape index (κ3) is 5.79. The first-order chi connectivity index (χ1) is 17.4. The number of carbonyl (C=O) groups is 2. The average Bonchev–Trinajstić information content (AvgIpc) is 3.14. The van der Waals surface area contributed by atoms with Crippen molar-refractivity contribution in [3.8, 4) is 11.5 Å². The number of nitrogens with zero attached hydrogens (tertiary/aromatic N) is 2. The first kappa shape index (κ1) is 27.0. The van der Waals surface area contributed by atoms with Crippen LogP contribution < -0.4 is 9.47 Å². The van der Waals surface area contributed by atoms with Gasteiger partial charge in [-0.05, 0) is 68.4 Å². The maximum Gasteiger partial charge on any atom is 0.295 e. The van der Waals surface area contributed by atoms with Gasteiger partial charge in [-0.1, -0.05) is 38.6 Å². The van der Waals surface area contributed by atoms with Gasteiger partial charge in [0.25, 0.3) is 11.7 Å². The van der Waals surface area contributed by atoms with Gasteiger partial charge in [0.15, 0.2) is 0 Å². The normalized spacial score (nSPS) is 17.0.